The summed E-state index contributed by atoms with van der Waals surface area (Å²) < 4.78 is 5.81. The fraction of sp³-hybridized carbons (Fsp3) is 0.500. The van der Waals surface area contributed by atoms with E-state index in [1.807, 2.05) is 24.3 Å². The van der Waals surface area contributed by atoms with Gasteiger partial charge in [0.15, 0.2) is 0 Å². The molecule has 0 bridgehead atoms. The minimum atomic E-state index is 0.351. The van der Waals surface area contributed by atoms with Crippen LogP contribution in [0.2, 0.25) is 0 Å². The van der Waals surface area contributed by atoms with Crippen LogP contribution >= 0.6 is 0 Å². The summed E-state index contributed by atoms with van der Waals surface area (Å²) >= 11 is 0. The van der Waals surface area contributed by atoms with Gasteiger partial charge >= 0.3 is 0 Å². The number of nitrogens with one attached hydrogen (secondary N) is 1. The van der Waals surface area contributed by atoms with Crippen LogP contribution in [-0.4, -0.2) is 6.10 Å². The molecule has 2 rings (SSSR count). The van der Waals surface area contributed by atoms with Gasteiger partial charge < -0.3 is 4.74 Å². The van der Waals surface area contributed by atoms with E-state index in [9.17, 15) is 0 Å². The first-order chi connectivity index (χ1) is 6.88. The first-order valence-corrected chi connectivity index (χ1v) is 5.28. The van der Waals surface area contributed by atoms with Gasteiger partial charge in [-0.25, -0.2) is 0 Å². The van der Waals surface area contributed by atoms with E-state index in [1.54, 1.807) is 0 Å². The predicted octanol–water partition coefficient (Wildman–Crippen LogP) is 2.79. The van der Waals surface area contributed by atoms with Gasteiger partial charge in [-0.3, -0.25) is 5.73 Å². The summed E-state index contributed by atoms with van der Waals surface area (Å²) in [5.41, 5.74) is 8.24. The number of hydrogen-bond acceptors (Lipinski definition) is 1. The molecule has 0 saturated heterocycles. The van der Waals surface area contributed by atoms with Crippen molar-refractivity contribution in [2.45, 2.75) is 38.3 Å². The highest BCUT2D eigenvalue weighted by Crippen LogP contribution is 2.24. The van der Waals surface area contributed by atoms with E-state index in [2.05, 4.69) is 0 Å². The SMILES string of the molecule is [NH]Cc1ccc(OC2CCCC2)cc1. The van der Waals surface area contributed by atoms with Crippen molar-refractivity contribution in [3.05, 3.63) is 29.8 Å². The van der Waals surface area contributed by atoms with Crippen LogP contribution in [0.15, 0.2) is 24.3 Å². The van der Waals surface area contributed by atoms with Crippen LogP contribution < -0.4 is 10.5 Å². The Hall–Kier alpha value is -1.02. The Balaban J connectivity index is 1.95. The molecule has 0 aliphatic heterocycles. The lowest BCUT2D eigenvalue weighted by molar-refractivity contribution is 0.210. The molecule has 1 aliphatic rings. The molecule has 0 amide bonds. The highest BCUT2D eigenvalue weighted by atomic mass is 16.5. The second-order valence-electron chi connectivity index (χ2n) is 3.85. The molecule has 1 aliphatic carbocycles. The van der Waals surface area contributed by atoms with Crippen molar-refractivity contribution in [2.24, 2.45) is 0 Å². The van der Waals surface area contributed by atoms with E-state index in [4.69, 9.17) is 10.5 Å². The molecule has 1 N–H and O–H groups in total. The van der Waals surface area contributed by atoms with Gasteiger partial charge in [0.1, 0.15) is 5.75 Å². The summed E-state index contributed by atoms with van der Waals surface area (Å²) in [7, 11) is 0. The molecule has 1 aromatic rings. The minimum absolute atomic E-state index is 0.351. The topological polar surface area (TPSA) is 33.0 Å². The third-order valence-electron chi connectivity index (χ3n) is 2.73. The Morgan fingerprint density at radius 3 is 2.36 bits per heavy atom. The Bertz CT molecular complexity index is 275. The maximum absolute atomic E-state index is 7.20. The monoisotopic (exact) mass is 190 g/mol. The van der Waals surface area contributed by atoms with Gasteiger partial charge in [0.2, 0.25) is 0 Å². The Kier molecular flexibility index (Phi) is 3.04. The molecule has 0 spiro atoms. The molecule has 0 aromatic heterocycles. The van der Waals surface area contributed by atoms with Crippen LogP contribution in [-0.2, 0) is 6.54 Å². The van der Waals surface area contributed by atoms with Crippen LogP contribution in [0.3, 0.4) is 0 Å². The zero-order valence-electron chi connectivity index (χ0n) is 8.33. The zero-order chi connectivity index (χ0) is 9.80. The first-order valence-electron chi connectivity index (χ1n) is 5.28. The molecule has 0 heterocycles. The summed E-state index contributed by atoms with van der Waals surface area (Å²) in [6.45, 7) is 0.351. The summed E-state index contributed by atoms with van der Waals surface area (Å²) in [5, 5.41) is 0. The Morgan fingerprint density at radius 2 is 1.79 bits per heavy atom. The average molecular weight is 190 g/mol. The van der Waals surface area contributed by atoms with Crippen LogP contribution in [0.1, 0.15) is 31.2 Å². The van der Waals surface area contributed by atoms with Gasteiger partial charge in [0.05, 0.1) is 6.10 Å². The van der Waals surface area contributed by atoms with Crippen LogP contribution in [0, 0.1) is 0 Å². The zero-order valence-corrected chi connectivity index (χ0v) is 8.33. The highest BCUT2D eigenvalue weighted by molar-refractivity contribution is 5.27. The van der Waals surface area contributed by atoms with Crippen molar-refractivity contribution < 1.29 is 4.74 Å². The average Bonchev–Trinajstić information content (AvgIpc) is 2.72. The lowest BCUT2D eigenvalue weighted by Gasteiger charge is -2.12. The van der Waals surface area contributed by atoms with Crippen LogP contribution in [0.4, 0.5) is 0 Å². The quantitative estimate of drug-likeness (QED) is 0.721. The fourth-order valence-corrected chi connectivity index (χ4v) is 1.88. The smallest absolute Gasteiger partial charge is 0.119 e. The van der Waals surface area contributed by atoms with E-state index < -0.39 is 0 Å². The number of ether oxygens (including phenoxy) is 1. The van der Waals surface area contributed by atoms with Crippen molar-refractivity contribution in [1.82, 2.24) is 5.73 Å². The van der Waals surface area contributed by atoms with Gasteiger partial charge in [-0.15, -0.1) is 0 Å². The van der Waals surface area contributed by atoms with Gasteiger partial charge in [0, 0.05) is 6.54 Å². The van der Waals surface area contributed by atoms with Gasteiger partial charge in [-0.2, -0.15) is 0 Å². The standard InChI is InChI=1S/C12H16NO/c13-9-10-5-7-12(8-6-10)14-11-3-1-2-4-11/h5-8,11,13H,1-4,9H2. The largest absolute Gasteiger partial charge is 0.490 e. The summed E-state index contributed by atoms with van der Waals surface area (Å²) in [6, 6.07) is 7.89. The highest BCUT2D eigenvalue weighted by Gasteiger charge is 2.15. The molecular weight excluding hydrogens is 174 g/mol. The lowest BCUT2D eigenvalue weighted by atomic mass is 10.2. The van der Waals surface area contributed by atoms with Crippen LogP contribution in [0.25, 0.3) is 0 Å². The van der Waals surface area contributed by atoms with E-state index in [0.29, 0.717) is 12.6 Å². The molecule has 1 saturated carbocycles. The third-order valence-corrected chi connectivity index (χ3v) is 2.73. The molecule has 14 heavy (non-hydrogen) atoms. The summed E-state index contributed by atoms with van der Waals surface area (Å²) in [5.74, 6) is 0.953. The number of benzene rings is 1. The molecule has 1 aromatic carbocycles. The van der Waals surface area contributed by atoms with Crippen molar-refractivity contribution in [3.8, 4) is 5.75 Å². The van der Waals surface area contributed by atoms with Crippen LogP contribution in [0.5, 0.6) is 5.75 Å². The lowest BCUT2D eigenvalue weighted by Crippen LogP contribution is -2.10. The molecule has 75 valence electrons. The maximum Gasteiger partial charge on any atom is 0.119 e. The molecule has 2 nitrogen and oxygen atoms in total. The Labute approximate surface area is 85.1 Å². The molecular formula is C12H16NO. The summed E-state index contributed by atoms with van der Waals surface area (Å²) in [4.78, 5) is 0. The van der Waals surface area contributed by atoms with E-state index in [0.717, 1.165) is 11.3 Å². The maximum atomic E-state index is 7.20. The Morgan fingerprint density at radius 1 is 1.14 bits per heavy atom. The normalized spacial score (nSPS) is 17.2. The van der Waals surface area contributed by atoms with E-state index in [1.165, 1.54) is 25.7 Å². The first kappa shape index (κ1) is 9.53. The molecule has 0 atom stereocenters. The van der Waals surface area contributed by atoms with E-state index in [-0.39, 0.29) is 0 Å². The second-order valence-corrected chi connectivity index (χ2v) is 3.85. The molecule has 0 unspecified atom stereocenters. The molecule has 1 radical (unpaired) electrons. The molecule has 2 heteroatoms. The van der Waals surface area contributed by atoms with Gasteiger partial charge in [-0.1, -0.05) is 12.1 Å². The van der Waals surface area contributed by atoms with Crippen molar-refractivity contribution in [3.63, 3.8) is 0 Å². The number of rotatable bonds is 3. The van der Waals surface area contributed by atoms with Crippen molar-refractivity contribution in [2.75, 3.05) is 0 Å². The fourth-order valence-electron chi connectivity index (χ4n) is 1.88. The minimum Gasteiger partial charge on any atom is -0.490 e. The predicted molar refractivity (Wildman–Crippen MR) is 56.1 cm³/mol. The molecule has 1 fully saturated rings. The van der Waals surface area contributed by atoms with Crippen molar-refractivity contribution in [1.29, 1.82) is 0 Å². The van der Waals surface area contributed by atoms with Gasteiger partial charge in [0.25, 0.3) is 0 Å². The van der Waals surface area contributed by atoms with Crippen molar-refractivity contribution >= 4 is 0 Å². The van der Waals surface area contributed by atoms with E-state index >= 15 is 0 Å². The van der Waals surface area contributed by atoms with Gasteiger partial charge in [-0.05, 0) is 43.4 Å². The number of hydrogen-bond donors (Lipinski definition) is 0. The second kappa shape index (κ2) is 4.47. The summed E-state index contributed by atoms with van der Waals surface area (Å²) in [6.07, 6.45) is 5.42. The third kappa shape index (κ3) is 2.26.